The van der Waals surface area contributed by atoms with Gasteiger partial charge in [-0.2, -0.15) is 13.2 Å². The van der Waals surface area contributed by atoms with Gasteiger partial charge in [0.05, 0.1) is 0 Å². The second kappa shape index (κ2) is 8.39. The Morgan fingerprint density at radius 1 is 1.12 bits per heavy atom. The Bertz CT molecular complexity index is 750. The van der Waals surface area contributed by atoms with Crippen LogP contribution in [0.2, 0.25) is 0 Å². The first-order valence-corrected chi connectivity index (χ1v) is 9.92. The Hall–Kier alpha value is -1.01. The van der Waals surface area contributed by atoms with Crippen LogP contribution in [0.3, 0.4) is 0 Å². The van der Waals surface area contributed by atoms with E-state index in [2.05, 4.69) is 6.92 Å². The van der Waals surface area contributed by atoms with Gasteiger partial charge in [-0.15, -0.1) is 11.8 Å². The molecule has 24 heavy (non-hydrogen) atoms. The molecular weight excluding hydrogens is 353 g/mol. The van der Waals surface area contributed by atoms with E-state index in [1.165, 1.54) is 32.6 Å². The summed E-state index contributed by atoms with van der Waals surface area (Å²) in [6, 6.07) is 5.39. The molecule has 1 heterocycles. The van der Waals surface area contributed by atoms with E-state index in [1.807, 2.05) is 12.1 Å². The van der Waals surface area contributed by atoms with Crippen LogP contribution in [-0.2, 0) is 6.18 Å². The Morgan fingerprint density at radius 3 is 2.50 bits per heavy atom. The zero-order valence-corrected chi connectivity index (χ0v) is 15.5. The van der Waals surface area contributed by atoms with Gasteiger partial charge in [0.25, 0.3) is 0 Å². The van der Waals surface area contributed by atoms with Gasteiger partial charge in [-0.25, -0.2) is 0 Å². The van der Waals surface area contributed by atoms with E-state index in [-0.39, 0.29) is 5.56 Å². The van der Waals surface area contributed by atoms with Crippen molar-refractivity contribution >= 4 is 33.2 Å². The predicted molar refractivity (Wildman–Crippen MR) is 97.3 cm³/mol. The average Bonchev–Trinajstić information content (AvgIpc) is 2.49. The monoisotopic (exact) mass is 374 g/mol. The summed E-state index contributed by atoms with van der Waals surface area (Å²) in [5.74, 6) is 0.990. The average molecular weight is 374 g/mol. The molecule has 0 fully saturated rings. The Balaban J connectivity index is 2.16. The molecule has 0 aliphatic heterocycles. The molecule has 0 unspecified atom stereocenters. The van der Waals surface area contributed by atoms with Crippen molar-refractivity contribution in [3.8, 4) is 0 Å². The summed E-state index contributed by atoms with van der Waals surface area (Å²) in [6.07, 6.45) is 1.46. The van der Waals surface area contributed by atoms with Crippen LogP contribution in [0.25, 0.3) is 10.1 Å². The van der Waals surface area contributed by atoms with Gasteiger partial charge in [0.15, 0.2) is 0 Å². The topological polar surface area (TPSA) is 17.1 Å². The summed E-state index contributed by atoms with van der Waals surface area (Å²) in [7, 11) is 0. The summed E-state index contributed by atoms with van der Waals surface area (Å²) in [5.41, 5.74) is -1.01. The fourth-order valence-corrected chi connectivity index (χ4v) is 4.76. The Kier molecular flexibility index (Phi) is 6.75. The smallest absolute Gasteiger partial charge is 0.277 e. The molecule has 0 spiro atoms. The minimum Gasteiger partial charge on any atom is -0.277 e. The molecule has 0 atom stereocenters. The van der Waals surface area contributed by atoms with Gasteiger partial charge in [0.2, 0.25) is 4.74 Å². The fourth-order valence-electron chi connectivity index (χ4n) is 2.65. The number of thioether (sulfide) groups is 1. The van der Waals surface area contributed by atoms with Gasteiger partial charge in [-0.05, 0) is 42.2 Å². The Labute approximate surface area is 148 Å². The lowest BCUT2D eigenvalue weighted by Crippen LogP contribution is -2.18. The van der Waals surface area contributed by atoms with Crippen molar-refractivity contribution in [2.75, 3.05) is 5.75 Å². The molecule has 6 heteroatoms. The van der Waals surface area contributed by atoms with Crippen LogP contribution in [0.4, 0.5) is 13.2 Å². The minimum absolute atomic E-state index is 0.0253. The lowest BCUT2D eigenvalue weighted by atomic mass is 10.1. The molecule has 0 saturated carbocycles. The molecule has 0 aliphatic carbocycles. The SMILES string of the molecule is CCCCCCCSc1ccc2c(C)c(C(F)(F)F)c(=O)sc2c1. The number of fused-ring (bicyclic) bond motifs is 1. The lowest BCUT2D eigenvalue weighted by Gasteiger charge is -2.11. The van der Waals surface area contributed by atoms with Gasteiger partial charge >= 0.3 is 6.18 Å². The summed E-state index contributed by atoms with van der Waals surface area (Å²) in [4.78, 5) is 12.9. The maximum Gasteiger partial charge on any atom is 0.421 e. The highest BCUT2D eigenvalue weighted by Crippen LogP contribution is 2.35. The molecule has 1 aromatic heterocycles. The molecule has 0 N–H and O–H groups in total. The molecule has 0 saturated heterocycles. The van der Waals surface area contributed by atoms with Crippen molar-refractivity contribution in [1.82, 2.24) is 0 Å². The van der Waals surface area contributed by atoms with Crippen LogP contribution < -0.4 is 4.74 Å². The molecule has 0 aliphatic rings. The van der Waals surface area contributed by atoms with Crippen molar-refractivity contribution < 1.29 is 13.2 Å². The van der Waals surface area contributed by atoms with Crippen molar-refractivity contribution in [2.45, 2.75) is 57.0 Å². The molecule has 1 nitrogen and oxygen atoms in total. The molecule has 0 amide bonds. The summed E-state index contributed by atoms with van der Waals surface area (Å²) >= 11 is 2.38. The van der Waals surface area contributed by atoms with Gasteiger partial charge in [0.1, 0.15) is 5.56 Å². The maximum absolute atomic E-state index is 13.0. The Morgan fingerprint density at radius 2 is 1.83 bits per heavy atom. The maximum atomic E-state index is 13.0. The van der Waals surface area contributed by atoms with E-state index >= 15 is 0 Å². The van der Waals surface area contributed by atoms with E-state index in [0.29, 0.717) is 21.4 Å². The minimum atomic E-state index is -4.60. The molecule has 2 rings (SSSR count). The van der Waals surface area contributed by atoms with Crippen molar-refractivity contribution in [3.05, 3.63) is 38.9 Å². The second-order valence-electron chi connectivity index (χ2n) is 5.81. The molecule has 0 bridgehead atoms. The zero-order chi connectivity index (χ0) is 17.7. The summed E-state index contributed by atoms with van der Waals surface area (Å²) in [5, 5.41) is 0.513. The van der Waals surface area contributed by atoms with E-state index < -0.39 is 16.5 Å². The van der Waals surface area contributed by atoms with Crippen LogP contribution in [0, 0.1) is 6.92 Å². The van der Waals surface area contributed by atoms with Crippen molar-refractivity contribution in [1.29, 1.82) is 0 Å². The van der Waals surface area contributed by atoms with Crippen LogP contribution in [0.5, 0.6) is 0 Å². The van der Waals surface area contributed by atoms with E-state index in [1.54, 1.807) is 17.8 Å². The standard InChI is InChI=1S/C18H21F3OS2/c1-3-4-5-6-7-10-23-13-8-9-14-12(2)16(18(19,20)21)17(22)24-15(14)11-13/h8-9,11H,3-7,10H2,1-2H3. The first-order chi connectivity index (χ1) is 11.3. The second-order valence-corrected chi connectivity index (χ2v) is 7.99. The van der Waals surface area contributed by atoms with Crippen molar-refractivity contribution in [3.63, 3.8) is 0 Å². The number of halogens is 3. The van der Waals surface area contributed by atoms with Gasteiger partial charge in [0, 0.05) is 9.60 Å². The van der Waals surface area contributed by atoms with E-state index in [0.717, 1.165) is 17.1 Å². The zero-order valence-electron chi connectivity index (χ0n) is 13.8. The van der Waals surface area contributed by atoms with E-state index in [4.69, 9.17) is 0 Å². The lowest BCUT2D eigenvalue weighted by molar-refractivity contribution is -0.138. The predicted octanol–water partition coefficient (Wildman–Crippen LogP) is 6.65. The number of unbranched alkanes of at least 4 members (excludes halogenated alkanes) is 4. The fraction of sp³-hybridized carbons (Fsp3) is 0.500. The quantitative estimate of drug-likeness (QED) is 0.398. The molecule has 1 aromatic carbocycles. The largest absolute Gasteiger partial charge is 0.421 e. The first kappa shape index (κ1) is 19.3. The van der Waals surface area contributed by atoms with Gasteiger partial charge in [-0.3, -0.25) is 4.79 Å². The van der Waals surface area contributed by atoms with Crippen LogP contribution in [0.1, 0.15) is 50.2 Å². The highest BCUT2D eigenvalue weighted by atomic mass is 32.2. The van der Waals surface area contributed by atoms with Gasteiger partial charge in [-0.1, -0.05) is 50.0 Å². The number of benzene rings is 1. The third-order valence-corrected chi connectivity index (χ3v) is 5.97. The number of rotatable bonds is 7. The number of hydrogen-bond acceptors (Lipinski definition) is 3. The molecule has 2 aromatic rings. The van der Waals surface area contributed by atoms with Crippen LogP contribution in [0.15, 0.2) is 27.9 Å². The van der Waals surface area contributed by atoms with Crippen molar-refractivity contribution in [2.24, 2.45) is 0 Å². The highest BCUT2D eigenvalue weighted by molar-refractivity contribution is 7.99. The third-order valence-electron chi connectivity index (χ3n) is 3.94. The van der Waals surface area contributed by atoms with E-state index in [9.17, 15) is 18.0 Å². The summed E-state index contributed by atoms with van der Waals surface area (Å²) in [6.45, 7) is 3.56. The number of aryl methyl sites for hydroxylation is 1. The molecule has 0 radical (unpaired) electrons. The number of hydrogen-bond donors (Lipinski definition) is 0. The van der Waals surface area contributed by atoms with Gasteiger partial charge < -0.3 is 0 Å². The number of alkyl halides is 3. The highest BCUT2D eigenvalue weighted by Gasteiger charge is 2.36. The summed E-state index contributed by atoms with van der Waals surface area (Å²) < 4.78 is 38.8. The normalized spacial score (nSPS) is 12.0. The molecular formula is C18H21F3OS2. The first-order valence-electron chi connectivity index (χ1n) is 8.12. The van der Waals surface area contributed by atoms with Crippen LogP contribution >= 0.6 is 23.1 Å². The van der Waals surface area contributed by atoms with Crippen LogP contribution in [-0.4, -0.2) is 5.75 Å². The third kappa shape index (κ3) is 4.76. The molecule has 132 valence electrons.